The highest BCUT2D eigenvalue weighted by Gasteiger charge is 2.16. The molecule has 17 heavy (non-hydrogen) atoms. The van der Waals surface area contributed by atoms with E-state index in [1.54, 1.807) is 13.8 Å². The van der Waals surface area contributed by atoms with Crippen molar-refractivity contribution in [3.8, 4) is 0 Å². The summed E-state index contributed by atoms with van der Waals surface area (Å²) >= 11 is 6.23. The van der Waals surface area contributed by atoms with E-state index in [-0.39, 0.29) is 5.69 Å². The molecule has 0 atom stereocenters. The minimum atomic E-state index is -0.433. The van der Waals surface area contributed by atoms with E-state index in [9.17, 15) is 4.79 Å². The molecule has 3 nitrogen and oxygen atoms in total. The first kappa shape index (κ1) is 11.9. The van der Waals surface area contributed by atoms with Crippen LogP contribution in [0, 0.1) is 6.92 Å². The monoisotopic (exact) mass is 249 g/mol. The quantitative estimate of drug-likeness (QED) is 0.766. The lowest BCUT2D eigenvalue weighted by Gasteiger charge is -2.09. The fourth-order valence-corrected chi connectivity index (χ4v) is 1.91. The molecule has 1 aromatic carbocycles. The van der Waals surface area contributed by atoms with Crippen LogP contribution >= 0.6 is 11.6 Å². The van der Waals surface area contributed by atoms with Crippen molar-refractivity contribution in [1.82, 2.24) is 4.98 Å². The standard InChI is InChI=1S/C13H12ClNO2/c1-3-17-13(16)12-8(2)11(14)9-6-4-5-7-10(9)15-12/h4-7H,3H2,1-2H3. The van der Waals surface area contributed by atoms with Crippen molar-refractivity contribution in [2.24, 2.45) is 0 Å². The Bertz CT molecular complexity index is 581. The van der Waals surface area contributed by atoms with Gasteiger partial charge < -0.3 is 4.74 Å². The predicted molar refractivity (Wildman–Crippen MR) is 67.4 cm³/mol. The van der Waals surface area contributed by atoms with Crippen molar-refractivity contribution in [1.29, 1.82) is 0 Å². The van der Waals surface area contributed by atoms with Crippen LogP contribution in [0.4, 0.5) is 0 Å². The molecule has 1 aromatic heterocycles. The number of halogens is 1. The number of aromatic nitrogens is 1. The molecule has 2 rings (SSSR count). The van der Waals surface area contributed by atoms with E-state index in [0.717, 1.165) is 5.39 Å². The summed E-state index contributed by atoms with van der Waals surface area (Å²) in [5, 5.41) is 1.40. The molecule has 0 aliphatic heterocycles. The minimum absolute atomic E-state index is 0.288. The Morgan fingerprint density at radius 2 is 2.12 bits per heavy atom. The van der Waals surface area contributed by atoms with Crippen molar-refractivity contribution in [3.63, 3.8) is 0 Å². The topological polar surface area (TPSA) is 39.2 Å². The molecule has 0 aliphatic carbocycles. The maximum atomic E-state index is 11.7. The summed E-state index contributed by atoms with van der Waals surface area (Å²) in [7, 11) is 0. The molecule has 0 saturated carbocycles. The molecule has 0 radical (unpaired) electrons. The number of esters is 1. The van der Waals surface area contributed by atoms with E-state index < -0.39 is 5.97 Å². The third-order valence-electron chi connectivity index (χ3n) is 2.53. The molecule has 2 aromatic rings. The zero-order chi connectivity index (χ0) is 12.4. The number of hydrogen-bond acceptors (Lipinski definition) is 3. The molecule has 0 N–H and O–H groups in total. The molecule has 0 amide bonds. The van der Waals surface area contributed by atoms with Crippen LogP contribution in [0.5, 0.6) is 0 Å². The highest BCUT2D eigenvalue weighted by Crippen LogP contribution is 2.27. The van der Waals surface area contributed by atoms with Crippen LogP contribution in [0.2, 0.25) is 5.02 Å². The largest absolute Gasteiger partial charge is 0.461 e. The van der Waals surface area contributed by atoms with E-state index in [0.29, 0.717) is 22.7 Å². The Hall–Kier alpha value is -1.61. The zero-order valence-electron chi connectivity index (χ0n) is 9.66. The third kappa shape index (κ3) is 2.11. The molecular weight excluding hydrogens is 238 g/mol. The van der Waals surface area contributed by atoms with E-state index in [4.69, 9.17) is 16.3 Å². The number of para-hydroxylation sites is 1. The number of ether oxygens (including phenoxy) is 1. The second-order valence-electron chi connectivity index (χ2n) is 3.64. The molecule has 0 spiro atoms. The number of fused-ring (bicyclic) bond motifs is 1. The van der Waals surface area contributed by atoms with Gasteiger partial charge in [-0.1, -0.05) is 29.8 Å². The van der Waals surface area contributed by atoms with Crippen LogP contribution in [0.1, 0.15) is 23.0 Å². The van der Waals surface area contributed by atoms with Gasteiger partial charge in [-0.15, -0.1) is 0 Å². The average molecular weight is 250 g/mol. The van der Waals surface area contributed by atoms with Crippen LogP contribution in [0.3, 0.4) is 0 Å². The van der Waals surface area contributed by atoms with E-state index >= 15 is 0 Å². The first-order valence-corrected chi connectivity index (χ1v) is 5.75. The maximum absolute atomic E-state index is 11.7. The van der Waals surface area contributed by atoms with Crippen molar-refractivity contribution in [3.05, 3.63) is 40.5 Å². The van der Waals surface area contributed by atoms with Gasteiger partial charge in [0.05, 0.1) is 17.1 Å². The number of benzene rings is 1. The van der Waals surface area contributed by atoms with Gasteiger partial charge >= 0.3 is 5.97 Å². The summed E-state index contributed by atoms with van der Waals surface area (Å²) in [5.74, 6) is -0.433. The lowest BCUT2D eigenvalue weighted by atomic mass is 10.1. The fourth-order valence-electron chi connectivity index (χ4n) is 1.67. The predicted octanol–water partition coefficient (Wildman–Crippen LogP) is 3.37. The minimum Gasteiger partial charge on any atom is -0.461 e. The van der Waals surface area contributed by atoms with Gasteiger partial charge in [-0.3, -0.25) is 0 Å². The van der Waals surface area contributed by atoms with E-state index in [1.807, 2.05) is 24.3 Å². The number of pyridine rings is 1. The number of carbonyl (C=O) groups excluding carboxylic acids is 1. The molecule has 4 heteroatoms. The summed E-state index contributed by atoms with van der Waals surface area (Å²) in [4.78, 5) is 16.0. The van der Waals surface area contributed by atoms with Crippen molar-refractivity contribution < 1.29 is 9.53 Å². The van der Waals surface area contributed by atoms with Gasteiger partial charge in [-0.2, -0.15) is 0 Å². The lowest BCUT2D eigenvalue weighted by molar-refractivity contribution is 0.0519. The van der Waals surface area contributed by atoms with Crippen molar-refractivity contribution in [2.45, 2.75) is 13.8 Å². The Balaban J connectivity index is 2.65. The molecular formula is C13H12ClNO2. The smallest absolute Gasteiger partial charge is 0.357 e. The first-order valence-electron chi connectivity index (χ1n) is 5.37. The molecule has 0 saturated heterocycles. The SMILES string of the molecule is CCOC(=O)c1nc2ccccc2c(Cl)c1C. The lowest BCUT2D eigenvalue weighted by Crippen LogP contribution is -2.09. The van der Waals surface area contributed by atoms with Gasteiger partial charge in [0, 0.05) is 10.9 Å². The van der Waals surface area contributed by atoms with Gasteiger partial charge in [0.15, 0.2) is 5.69 Å². The molecule has 88 valence electrons. The van der Waals surface area contributed by atoms with Crippen LogP contribution in [0.25, 0.3) is 10.9 Å². The van der Waals surface area contributed by atoms with Gasteiger partial charge in [-0.25, -0.2) is 9.78 Å². The van der Waals surface area contributed by atoms with Crippen LogP contribution in [-0.4, -0.2) is 17.6 Å². The Morgan fingerprint density at radius 1 is 1.41 bits per heavy atom. The second kappa shape index (κ2) is 4.72. The Kier molecular flexibility index (Phi) is 3.29. The normalized spacial score (nSPS) is 10.5. The molecule has 0 aliphatic rings. The Morgan fingerprint density at radius 3 is 2.82 bits per heavy atom. The number of nitrogens with zero attached hydrogens (tertiary/aromatic N) is 1. The van der Waals surface area contributed by atoms with Gasteiger partial charge in [0.25, 0.3) is 0 Å². The summed E-state index contributed by atoms with van der Waals surface area (Å²) in [6.07, 6.45) is 0. The summed E-state index contributed by atoms with van der Waals surface area (Å²) in [6, 6.07) is 7.45. The van der Waals surface area contributed by atoms with Gasteiger partial charge in [-0.05, 0) is 19.9 Å². The fraction of sp³-hybridized carbons (Fsp3) is 0.231. The number of rotatable bonds is 2. The maximum Gasteiger partial charge on any atom is 0.357 e. The second-order valence-corrected chi connectivity index (χ2v) is 4.01. The van der Waals surface area contributed by atoms with E-state index in [2.05, 4.69) is 4.98 Å². The molecule has 1 heterocycles. The molecule has 0 unspecified atom stereocenters. The third-order valence-corrected chi connectivity index (χ3v) is 3.01. The zero-order valence-corrected chi connectivity index (χ0v) is 10.4. The number of carbonyl (C=O) groups is 1. The highest BCUT2D eigenvalue weighted by molar-refractivity contribution is 6.36. The van der Waals surface area contributed by atoms with Crippen LogP contribution in [0.15, 0.2) is 24.3 Å². The van der Waals surface area contributed by atoms with Crippen molar-refractivity contribution >= 4 is 28.5 Å². The highest BCUT2D eigenvalue weighted by atomic mass is 35.5. The molecule has 0 fully saturated rings. The van der Waals surface area contributed by atoms with Gasteiger partial charge in [0.2, 0.25) is 0 Å². The molecule has 0 bridgehead atoms. The first-order chi connectivity index (χ1) is 8.15. The summed E-state index contributed by atoms with van der Waals surface area (Å²) in [5.41, 5.74) is 1.64. The van der Waals surface area contributed by atoms with E-state index in [1.165, 1.54) is 0 Å². The van der Waals surface area contributed by atoms with Crippen molar-refractivity contribution in [2.75, 3.05) is 6.61 Å². The average Bonchev–Trinajstić information content (AvgIpc) is 2.34. The van der Waals surface area contributed by atoms with Crippen LogP contribution in [-0.2, 0) is 4.74 Å². The van der Waals surface area contributed by atoms with Gasteiger partial charge in [0.1, 0.15) is 0 Å². The Labute approximate surface area is 104 Å². The summed E-state index contributed by atoms with van der Waals surface area (Å²) < 4.78 is 4.95. The van der Waals surface area contributed by atoms with Crippen LogP contribution < -0.4 is 0 Å². The number of hydrogen-bond donors (Lipinski definition) is 0. The summed E-state index contributed by atoms with van der Waals surface area (Å²) in [6.45, 7) is 3.86.